The first-order chi connectivity index (χ1) is 17.1. The SMILES string of the molecule is CC1(C)OC(=NC2C3CC4CC2CC(C(N)=O)(C4)C3)NS(=O)(=O)[C@@H]1c1ccc(-c2ccccc2)cc1. The fraction of sp³-hybridized carbons (Fsp3) is 0.500. The summed E-state index contributed by atoms with van der Waals surface area (Å²) in [7, 11) is -3.79. The van der Waals surface area contributed by atoms with E-state index in [0.29, 0.717) is 11.5 Å². The number of primary amides is 1. The van der Waals surface area contributed by atoms with Crippen LogP contribution in [-0.2, 0) is 19.6 Å². The second-order valence-corrected chi connectivity index (χ2v) is 13.5. The summed E-state index contributed by atoms with van der Waals surface area (Å²) in [4.78, 5) is 17.1. The number of nitrogens with zero attached hydrogens (tertiary/aromatic N) is 1. The van der Waals surface area contributed by atoms with E-state index in [9.17, 15) is 13.2 Å². The molecule has 8 heteroatoms. The van der Waals surface area contributed by atoms with Crippen LogP contribution in [0.4, 0.5) is 0 Å². The highest BCUT2D eigenvalue weighted by Crippen LogP contribution is 2.60. The Labute approximate surface area is 212 Å². The number of carbonyl (C=O) groups is 1. The lowest BCUT2D eigenvalue weighted by atomic mass is 9.48. The average molecular weight is 508 g/mol. The van der Waals surface area contributed by atoms with Crippen LogP contribution in [0.15, 0.2) is 59.6 Å². The first-order valence-electron chi connectivity index (χ1n) is 12.8. The molecule has 3 atom stereocenters. The number of nitrogens with one attached hydrogen (secondary N) is 1. The van der Waals surface area contributed by atoms with Crippen molar-refractivity contribution in [3.63, 3.8) is 0 Å². The molecule has 2 aromatic rings. The van der Waals surface area contributed by atoms with E-state index in [0.717, 1.165) is 43.2 Å². The molecule has 0 aromatic heterocycles. The molecule has 4 saturated carbocycles. The second-order valence-electron chi connectivity index (χ2n) is 11.8. The molecular weight excluding hydrogens is 474 g/mol. The molecule has 3 N–H and O–H groups in total. The third kappa shape index (κ3) is 3.81. The average Bonchev–Trinajstić information content (AvgIpc) is 2.80. The fourth-order valence-corrected chi connectivity index (χ4v) is 9.40. The Kier molecular flexibility index (Phi) is 5.27. The summed E-state index contributed by atoms with van der Waals surface area (Å²) in [6.07, 6.45) is 4.39. The number of ether oxygens (including phenoxy) is 1. The maximum Gasteiger partial charge on any atom is 0.299 e. The predicted octanol–water partition coefficient (Wildman–Crippen LogP) is 4.16. The highest BCUT2D eigenvalue weighted by atomic mass is 32.2. The van der Waals surface area contributed by atoms with Gasteiger partial charge in [-0.15, -0.1) is 0 Å². The van der Waals surface area contributed by atoms with E-state index in [2.05, 4.69) is 4.72 Å². The Morgan fingerprint density at radius 3 is 2.17 bits per heavy atom. The summed E-state index contributed by atoms with van der Waals surface area (Å²) >= 11 is 0. The number of amidine groups is 1. The summed E-state index contributed by atoms with van der Waals surface area (Å²) < 4.78 is 35.9. The number of rotatable bonds is 4. The number of amides is 1. The predicted molar refractivity (Wildman–Crippen MR) is 138 cm³/mol. The van der Waals surface area contributed by atoms with Crippen LogP contribution in [0, 0.1) is 23.2 Å². The van der Waals surface area contributed by atoms with Crippen LogP contribution >= 0.6 is 0 Å². The van der Waals surface area contributed by atoms with Gasteiger partial charge in [-0.2, -0.15) is 0 Å². The normalized spacial score (nSPS) is 36.7. The van der Waals surface area contributed by atoms with Crippen LogP contribution in [0.25, 0.3) is 11.1 Å². The van der Waals surface area contributed by atoms with Crippen LogP contribution < -0.4 is 10.5 Å². The molecule has 190 valence electrons. The molecule has 7 nitrogen and oxygen atoms in total. The van der Waals surface area contributed by atoms with Gasteiger partial charge in [0.1, 0.15) is 10.9 Å². The Morgan fingerprint density at radius 1 is 0.972 bits per heavy atom. The molecule has 1 heterocycles. The number of hydrogen-bond donors (Lipinski definition) is 2. The number of benzene rings is 2. The van der Waals surface area contributed by atoms with Gasteiger partial charge in [0, 0.05) is 5.41 Å². The topological polar surface area (TPSA) is 111 Å². The van der Waals surface area contributed by atoms with E-state index in [1.165, 1.54) is 0 Å². The highest BCUT2D eigenvalue weighted by Gasteiger charge is 2.58. The van der Waals surface area contributed by atoms with E-state index < -0.39 is 26.3 Å². The maximum absolute atomic E-state index is 13.5. The van der Waals surface area contributed by atoms with E-state index in [-0.39, 0.29) is 29.8 Å². The number of carbonyl (C=O) groups excluding carboxylic acids is 1. The second kappa shape index (κ2) is 8.07. The molecule has 36 heavy (non-hydrogen) atoms. The maximum atomic E-state index is 13.5. The smallest absolute Gasteiger partial charge is 0.299 e. The van der Waals surface area contributed by atoms with Crippen molar-refractivity contribution >= 4 is 22.0 Å². The van der Waals surface area contributed by atoms with Gasteiger partial charge >= 0.3 is 0 Å². The van der Waals surface area contributed by atoms with Crippen molar-refractivity contribution in [1.82, 2.24) is 4.72 Å². The van der Waals surface area contributed by atoms with Gasteiger partial charge in [0.2, 0.25) is 15.9 Å². The van der Waals surface area contributed by atoms with Crippen molar-refractivity contribution in [3.8, 4) is 11.1 Å². The van der Waals surface area contributed by atoms with Crippen LogP contribution in [0.1, 0.15) is 56.8 Å². The summed E-state index contributed by atoms with van der Waals surface area (Å²) in [6, 6.07) is 17.6. The van der Waals surface area contributed by atoms with Crippen LogP contribution in [0.2, 0.25) is 0 Å². The molecule has 7 rings (SSSR count). The molecule has 0 spiro atoms. The Hall–Kier alpha value is -2.87. The zero-order valence-electron chi connectivity index (χ0n) is 20.7. The van der Waals surface area contributed by atoms with E-state index in [1.54, 1.807) is 13.8 Å². The van der Waals surface area contributed by atoms with Gasteiger partial charge in [-0.3, -0.25) is 4.79 Å². The van der Waals surface area contributed by atoms with Crippen LogP contribution in [-0.4, -0.2) is 32.0 Å². The minimum absolute atomic E-state index is 0.0516. The van der Waals surface area contributed by atoms with Gasteiger partial charge < -0.3 is 10.5 Å². The molecule has 5 fully saturated rings. The van der Waals surface area contributed by atoms with Crippen molar-refractivity contribution in [2.24, 2.45) is 33.9 Å². The molecule has 1 amide bonds. The van der Waals surface area contributed by atoms with E-state index in [4.69, 9.17) is 15.5 Å². The lowest BCUT2D eigenvalue weighted by molar-refractivity contribution is -0.144. The Balaban J connectivity index is 1.26. The summed E-state index contributed by atoms with van der Waals surface area (Å²) in [5.74, 6) is 0.784. The molecule has 4 aliphatic carbocycles. The van der Waals surface area contributed by atoms with Crippen molar-refractivity contribution in [2.75, 3.05) is 0 Å². The van der Waals surface area contributed by atoms with Gasteiger partial charge in [-0.05, 0) is 80.4 Å². The lowest BCUT2D eigenvalue weighted by Gasteiger charge is -2.57. The van der Waals surface area contributed by atoms with Gasteiger partial charge in [-0.1, -0.05) is 54.6 Å². The Morgan fingerprint density at radius 2 is 1.58 bits per heavy atom. The fourth-order valence-electron chi connectivity index (χ4n) is 7.64. The zero-order valence-corrected chi connectivity index (χ0v) is 21.5. The number of hydrogen-bond acceptors (Lipinski definition) is 5. The van der Waals surface area contributed by atoms with Gasteiger partial charge in [0.25, 0.3) is 6.02 Å². The first kappa shape index (κ1) is 23.5. The molecular formula is C28H33N3O4S. The third-order valence-electron chi connectivity index (χ3n) is 8.86. The minimum atomic E-state index is -3.79. The molecule has 2 aromatic carbocycles. The van der Waals surface area contributed by atoms with E-state index >= 15 is 0 Å². The van der Waals surface area contributed by atoms with Crippen molar-refractivity contribution in [2.45, 2.75) is 62.8 Å². The van der Waals surface area contributed by atoms with Crippen molar-refractivity contribution < 1.29 is 17.9 Å². The summed E-state index contributed by atoms with van der Waals surface area (Å²) in [5, 5.41) is -0.884. The minimum Gasteiger partial charge on any atom is -0.457 e. The largest absolute Gasteiger partial charge is 0.457 e. The number of nitrogens with two attached hydrogens (primary N) is 1. The molecule has 1 aliphatic heterocycles. The van der Waals surface area contributed by atoms with Crippen LogP contribution in [0.3, 0.4) is 0 Å². The third-order valence-corrected chi connectivity index (χ3v) is 10.8. The van der Waals surface area contributed by atoms with Gasteiger partial charge in [0.15, 0.2) is 0 Å². The van der Waals surface area contributed by atoms with Gasteiger partial charge in [0.05, 0.1) is 6.04 Å². The number of aliphatic imine (C=N–C) groups is 1. The van der Waals surface area contributed by atoms with Crippen LogP contribution in [0.5, 0.6) is 0 Å². The quantitative estimate of drug-likeness (QED) is 0.647. The molecule has 5 aliphatic rings. The molecule has 2 unspecified atom stereocenters. The zero-order chi connectivity index (χ0) is 25.3. The standard InChI is InChI=1S/C28H33N3O4S/c1-27(2)24(20-10-8-19(9-11-20)18-6-4-3-5-7-18)36(33,34)31-26(35-27)30-23-21-12-17-13-22(23)16-28(14-17,15-21)25(29)32/h3-11,17,21-24H,12-16H2,1-2H3,(H2,29,32)(H,30,31)/t17?,21?,22?,23?,24-,28?/m1/s1. The van der Waals surface area contributed by atoms with Gasteiger partial charge in [-0.25, -0.2) is 18.1 Å². The monoisotopic (exact) mass is 507 g/mol. The van der Waals surface area contributed by atoms with E-state index in [1.807, 2.05) is 54.6 Å². The summed E-state index contributed by atoms with van der Waals surface area (Å²) in [6.45, 7) is 3.60. The number of sulfonamides is 1. The Bertz CT molecular complexity index is 1300. The molecule has 4 bridgehead atoms. The lowest BCUT2D eigenvalue weighted by Crippen LogP contribution is -2.58. The molecule has 0 radical (unpaired) electrons. The highest BCUT2D eigenvalue weighted by molar-refractivity contribution is 7.90. The van der Waals surface area contributed by atoms with Crippen molar-refractivity contribution in [1.29, 1.82) is 0 Å². The van der Waals surface area contributed by atoms with Crippen molar-refractivity contribution in [3.05, 3.63) is 60.2 Å². The first-order valence-corrected chi connectivity index (χ1v) is 14.3. The molecule has 1 saturated heterocycles. The summed E-state index contributed by atoms with van der Waals surface area (Å²) in [5.41, 5.74) is 7.16.